The maximum Gasteiger partial charge on any atom is 0.231 e. The second-order valence-electron chi connectivity index (χ2n) is 6.30. The van der Waals surface area contributed by atoms with E-state index in [1.807, 2.05) is 41.2 Å². The Labute approximate surface area is 143 Å². The summed E-state index contributed by atoms with van der Waals surface area (Å²) >= 11 is 0. The zero-order valence-corrected chi connectivity index (χ0v) is 14.8. The zero-order valence-electron chi connectivity index (χ0n) is 14.0. The van der Waals surface area contributed by atoms with Crippen molar-refractivity contribution >= 4 is 15.8 Å². The van der Waals surface area contributed by atoms with E-state index in [1.165, 1.54) is 19.3 Å². The van der Waals surface area contributed by atoms with Gasteiger partial charge in [0, 0.05) is 18.3 Å². The van der Waals surface area contributed by atoms with Crippen LogP contribution in [-0.2, 0) is 16.6 Å². The fourth-order valence-corrected chi connectivity index (χ4v) is 3.54. The van der Waals surface area contributed by atoms with Crippen LogP contribution < -0.4 is 4.72 Å². The van der Waals surface area contributed by atoms with Gasteiger partial charge in [-0.25, -0.2) is 8.42 Å². The molecule has 6 nitrogen and oxygen atoms in total. The highest BCUT2D eigenvalue weighted by molar-refractivity contribution is 7.92. The van der Waals surface area contributed by atoms with Crippen molar-refractivity contribution in [2.75, 3.05) is 30.6 Å². The van der Waals surface area contributed by atoms with Gasteiger partial charge in [0.2, 0.25) is 10.0 Å². The lowest BCUT2D eigenvalue weighted by Gasteiger charge is -2.26. The summed E-state index contributed by atoms with van der Waals surface area (Å²) in [7, 11) is -3.37. The third-order valence-corrected chi connectivity index (χ3v) is 4.79. The lowest BCUT2D eigenvalue weighted by atomic mass is 10.1. The Morgan fingerprint density at radius 1 is 1.08 bits per heavy atom. The molecular formula is C17H24N4O2S. The minimum absolute atomic E-state index is 0.391. The molecule has 1 aliphatic rings. The molecule has 1 N–H and O–H groups in total. The Bertz CT molecular complexity index is 765. The molecule has 0 saturated carbocycles. The third kappa shape index (κ3) is 4.58. The van der Waals surface area contributed by atoms with Crippen LogP contribution in [0.2, 0.25) is 0 Å². The first-order valence-corrected chi connectivity index (χ1v) is 10.2. The maximum atomic E-state index is 11.6. The van der Waals surface area contributed by atoms with Gasteiger partial charge in [-0.1, -0.05) is 36.8 Å². The van der Waals surface area contributed by atoms with Gasteiger partial charge in [0.1, 0.15) is 0 Å². The molecule has 1 saturated heterocycles. The van der Waals surface area contributed by atoms with Crippen LogP contribution in [0.4, 0.5) is 5.82 Å². The first-order chi connectivity index (χ1) is 11.5. The Hall–Kier alpha value is -1.86. The molecular weight excluding hydrogens is 324 g/mol. The number of aromatic nitrogens is 2. The number of anilines is 1. The van der Waals surface area contributed by atoms with E-state index in [0.29, 0.717) is 5.82 Å². The number of rotatable bonds is 6. The molecule has 0 atom stereocenters. The number of benzene rings is 1. The molecule has 1 aliphatic heterocycles. The number of nitrogens with one attached hydrogen (secondary N) is 1. The summed E-state index contributed by atoms with van der Waals surface area (Å²) in [6.45, 7) is 3.97. The predicted octanol–water partition coefficient (Wildman–Crippen LogP) is 2.41. The van der Waals surface area contributed by atoms with Crippen molar-refractivity contribution in [3.05, 3.63) is 36.5 Å². The lowest BCUT2D eigenvalue weighted by molar-refractivity contribution is 0.218. The van der Waals surface area contributed by atoms with Crippen LogP contribution in [0.5, 0.6) is 0 Å². The second-order valence-corrected chi connectivity index (χ2v) is 8.05. The van der Waals surface area contributed by atoms with Crippen molar-refractivity contribution < 1.29 is 8.42 Å². The SMILES string of the molecule is CS(=O)(=O)Nc1nn(CCN2CCCCC2)cc1-c1ccccc1. The minimum atomic E-state index is -3.37. The minimum Gasteiger partial charge on any atom is -0.301 e. The normalized spacial score (nSPS) is 16.2. The molecule has 130 valence electrons. The van der Waals surface area contributed by atoms with Gasteiger partial charge < -0.3 is 4.90 Å². The lowest BCUT2D eigenvalue weighted by Crippen LogP contribution is -2.32. The molecule has 1 aromatic heterocycles. The first kappa shape index (κ1) is 17.0. The van der Waals surface area contributed by atoms with Gasteiger partial charge in [0.25, 0.3) is 0 Å². The molecule has 0 unspecified atom stereocenters. The highest BCUT2D eigenvalue weighted by atomic mass is 32.2. The van der Waals surface area contributed by atoms with E-state index in [1.54, 1.807) is 0 Å². The summed E-state index contributed by atoms with van der Waals surface area (Å²) in [6.07, 6.45) is 6.91. The molecule has 2 heterocycles. The Morgan fingerprint density at radius 3 is 2.46 bits per heavy atom. The third-order valence-electron chi connectivity index (χ3n) is 4.22. The Kier molecular flexibility index (Phi) is 5.20. The smallest absolute Gasteiger partial charge is 0.231 e. The standard InChI is InChI=1S/C17H24N4O2S/c1-24(22,23)19-17-16(15-8-4-2-5-9-15)14-21(18-17)13-12-20-10-6-3-7-11-20/h2,4-5,8-9,14H,3,6-7,10-13H2,1H3,(H,18,19). The summed E-state index contributed by atoms with van der Waals surface area (Å²) in [4.78, 5) is 2.44. The summed E-state index contributed by atoms with van der Waals surface area (Å²) in [5.74, 6) is 0.391. The molecule has 0 aliphatic carbocycles. The number of hydrogen-bond donors (Lipinski definition) is 1. The summed E-state index contributed by atoms with van der Waals surface area (Å²) in [6, 6.07) is 9.72. The molecule has 2 aromatic rings. The van der Waals surface area contributed by atoms with Crippen molar-refractivity contribution in [2.24, 2.45) is 0 Å². The fourth-order valence-electron chi connectivity index (χ4n) is 3.04. The van der Waals surface area contributed by atoms with Crippen LogP contribution in [0, 0.1) is 0 Å². The Morgan fingerprint density at radius 2 is 1.79 bits per heavy atom. The van der Waals surface area contributed by atoms with E-state index in [0.717, 1.165) is 43.6 Å². The van der Waals surface area contributed by atoms with Crippen molar-refractivity contribution in [3.63, 3.8) is 0 Å². The van der Waals surface area contributed by atoms with Gasteiger partial charge >= 0.3 is 0 Å². The van der Waals surface area contributed by atoms with Crippen LogP contribution >= 0.6 is 0 Å². The average Bonchev–Trinajstić information content (AvgIpc) is 2.95. The van der Waals surface area contributed by atoms with Crippen molar-refractivity contribution in [3.8, 4) is 11.1 Å². The van der Waals surface area contributed by atoms with E-state index in [9.17, 15) is 8.42 Å². The van der Waals surface area contributed by atoms with Crippen LogP contribution in [0.15, 0.2) is 36.5 Å². The van der Waals surface area contributed by atoms with E-state index < -0.39 is 10.0 Å². The van der Waals surface area contributed by atoms with Crippen molar-refractivity contribution in [1.82, 2.24) is 14.7 Å². The quantitative estimate of drug-likeness (QED) is 0.870. The van der Waals surface area contributed by atoms with Crippen LogP contribution in [0.25, 0.3) is 11.1 Å². The molecule has 0 radical (unpaired) electrons. The van der Waals surface area contributed by atoms with Gasteiger partial charge in [-0.2, -0.15) is 5.10 Å². The van der Waals surface area contributed by atoms with Crippen molar-refractivity contribution in [2.45, 2.75) is 25.8 Å². The summed E-state index contributed by atoms with van der Waals surface area (Å²) in [5.41, 5.74) is 1.76. The van der Waals surface area contributed by atoms with Gasteiger partial charge in [-0.3, -0.25) is 9.40 Å². The van der Waals surface area contributed by atoms with Crippen LogP contribution in [0.1, 0.15) is 19.3 Å². The molecule has 1 fully saturated rings. The number of sulfonamides is 1. The molecule has 24 heavy (non-hydrogen) atoms. The zero-order chi connectivity index (χ0) is 17.0. The van der Waals surface area contributed by atoms with Gasteiger partial charge in [-0.15, -0.1) is 0 Å². The molecule has 0 bridgehead atoms. The van der Waals surface area contributed by atoms with Gasteiger partial charge in [0.05, 0.1) is 12.8 Å². The highest BCUT2D eigenvalue weighted by Gasteiger charge is 2.15. The molecule has 1 aromatic carbocycles. The van der Waals surface area contributed by atoms with E-state index in [-0.39, 0.29) is 0 Å². The van der Waals surface area contributed by atoms with Crippen LogP contribution in [0.3, 0.4) is 0 Å². The monoisotopic (exact) mass is 348 g/mol. The average molecular weight is 348 g/mol. The predicted molar refractivity (Wildman–Crippen MR) is 96.4 cm³/mol. The van der Waals surface area contributed by atoms with Crippen molar-refractivity contribution in [1.29, 1.82) is 0 Å². The molecule has 7 heteroatoms. The van der Waals surface area contributed by atoms with Gasteiger partial charge in [-0.05, 0) is 31.5 Å². The van der Waals surface area contributed by atoms with E-state index in [4.69, 9.17) is 0 Å². The molecule has 0 amide bonds. The highest BCUT2D eigenvalue weighted by Crippen LogP contribution is 2.27. The topological polar surface area (TPSA) is 67.2 Å². The Balaban J connectivity index is 1.80. The summed E-state index contributed by atoms with van der Waals surface area (Å²) in [5, 5.41) is 4.46. The number of hydrogen-bond acceptors (Lipinski definition) is 4. The van der Waals surface area contributed by atoms with E-state index >= 15 is 0 Å². The number of likely N-dealkylation sites (tertiary alicyclic amines) is 1. The largest absolute Gasteiger partial charge is 0.301 e. The number of nitrogens with zero attached hydrogens (tertiary/aromatic N) is 3. The van der Waals surface area contributed by atoms with E-state index in [2.05, 4.69) is 14.7 Å². The second kappa shape index (κ2) is 7.36. The summed E-state index contributed by atoms with van der Waals surface area (Å²) < 4.78 is 27.6. The van der Waals surface area contributed by atoms with Gasteiger partial charge in [0.15, 0.2) is 5.82 Å². The fraction of sp³-hybridized carbons (Fsp3) is 0.471. The number of piperidine rings is 1. The maximum absolute atomic E-state index is 11.6. The molecule has 0 spiro atoms. The molecule has 3 rings (SSSR count). The first-order valence-electron chi connectivity index (χ1n) is 8.34. The van der Waals surface area contributed by atoms with Crippen LogP contribution in [-0.4, -0.2) is 49.0 Å².